The largest absolute Gasteiger partial charge is 0.303 e. The molecule has 17 heavy (non-hydrogen) atoms. The summed E-state index contributed by atoms with van der Waals surface area (Å²) >= 11 is 0. The second-order valence-corrected chi connectivity index (χ2v) is 5.60. The molecule has 0 saturated carbocycles. The van der Waals surface area contributed by atoms with E-state index in [1.807, 2.05) is 0 Å². The number of hydrogen-bond acceptors (Lipinski definition) is 2. The average Bonchev–Trinajstić information content (AvgIpc) is 2.39. The normalized spacial score (nSPS) is 31.0. The highest BCUT2D eigenvalue weighted by Gasteiger charge is 2.38. The lowest BCUT2D eigenvalue weighted by atomic mass is 9.77. The Morgan fingerprint density at radius 3 is 2.47 bits per heavy atom. The van der Waals surface area contributed by atoms with Gasteiger partial charge in [-0.1, -0.05) is 38.2 Å². The Balaban J connectivity index is 2.10. The molecule has 0 spiro atoms. The van der Waals surface area contributed by atoms with Gasteiger partial charge in [0.1, 0.15) is 6.29 Å². The molecule has 2 aliphatic rings. The van der Waals surface area contributed by atoms with E-state index in [1.54, 1.807) is 0 Å². The van der Waals surface area contributed by atoms with Gasteiger partial charge in [0, 0.05) is 11.5 Å². The highest BCUT2D eigenvalue weighted by atomic mass is 16.1. The van der Waals surface area contributed by atoms with Crippen LogP contribution in [0.5, 0.6) is 0 Å². The van der Waals surface area contributed by atoms with Crippen LogP contribution in [0.1, 0.15) is 33.1 Å². The van der Waals surface area contributed by atoms with Crippen molar-refractivity contribution in [2.45, 2.75) is 38.6 Å². The standard InChI is InChI=1S/C15H23NO/c1-13(2)15(8-4-3-5-9-15)16-10-6-14(12-17)7-11-16/h3-5,8,12-14H,6-7,9-11H2,1-2H3. The summed E-state index contributed by atoms with van der Waals surface area (Å²) in [5.74, 6) is 0.898. The van der Waals surface area contributed by atoms with E-state index in [9.17, 15) is 4.79 Å². The summed E-state index contributed by atoms with van der Waals surface area (Å²) in [4.78, 5) is 13.4. The van der Waals surface area contributed by atoms with Crippen LogP contribution in [0.25, 0.3) is 0 Å². The smallest absolute Gasteiger partial charge is 0.123 e. The minimum Gasteiger partial charge on any atom is -0.303 e. The zero-order valence-electron chi connectivity index (χ0n) is 10.9. The number of likely N-dealkylation sites (tertiary alicyclic amines) is 1. The van der Waals surface area contributed by atoms with Crippen LogP contribution in [-0.4, -0.2) is 29.8 Å². The maximum absolute atomic E-state index is 10.8. The molecule has 1 aliphatic heterocycles. The second-order valence-electron chi connectivity index (χ2n) is 5.60. The van der Waals surface area contributed by atoms with E-state index in [-0.39, 0.29) is 5.54 Å². The van der Waals surface area contributed by atoms with Crippen LogP contribution in [0.2, 0.25) is 0 Å². The van der Waals surface area contributed by atoms with E-state index < -0.39 is 0 Å². The average molecular weight is 233 g/mol. The molecule has 94 valence electrons. The van der Waals surface area contributed by atoms with Crippen LogP contribution in [0.15, 0.2) is 24.3 Å². The molecule has 1 unspecified atom stereocenters. The van der Waals surface area contributed by atoms with Crippen LogP contribution in [-0.2, 0) is 4.79 Å². The van der Waals surface area contributed by atoms with Crippen molar-refractivity contribution in [3.05, 3.63) is 24.3 Å². The molecule has 1 fully saturated rings. The van der Waals surface area contributed by atoms with Gasteiger partial charge in [-0.05, 0) is 38.3 Å². The van der Waals surface area contributed by atoms with Crippen LogP contribution < -0.4 is 0 Å². The van der Waals surface area contributed by atoms with Crippen molar-refractivity contribution in [2.24, 2.45) is 11.8 Å². The highest BCUT2D eigenvalue weighted by Crippen LogP contribution is 2.35. The maximum atomic E-state index is 10.8. The first-order valence-electron chi connectivity index (χ1n) is 6.74. The van der Waals surface area contributed by atoms with E-state index >= 15 is 0 Å². The number of carbonyl (C=O) groups excluding carboxylic acids is 1. The molecule has 1 atom stereocenters. The monoisotopic (exact) mass is 233 g/mol. The third-order valence-electron chi connectivity index (χ3n) is 4.40. The number of piperidine rings is 1. The van der Waals surface area contributed by atoms with Crippen LogP contribution in [0, 0.1) is 11.8 Å². The minimum absolute atomic E-state index is 0.183. The molecule has 2 heteroatoms. The highest BCUT2D eigenvalue weighted by molar-refractivity contribution is 5.53. The first-order chi connectivity index (χ1) is 8.19. The van der Waals surface area contributed by atoms with Gasteiger partial charge in [0.05, 0.1) is 0 Å². The van der Waals surface area contributed by atoms with Crippen molar-refractivity contribution in [3.63, 3.8) is 0 Å². The lowest BCUT2D eigenvalue weighted by molar-refractivity contribution is -0.112. The van der Waals surface area contributed by atoms with Gasteiger partial charge in [-0.2, -0.15) is 0 Å². The zero-order chi connectivity index (χ0) is 12.3. The Hall–Kier alpha value is -0.890. The maximum Gasteiger partial charge on any atom is 0.123 e. The topological polar surface area (TPSA) is 20.3 Å². The molecule has 0 amide bonds. The molecular weight excluding hydrogens is 210 g/mol. The number of carbonyl (C=O) groups is 1. The number of hydrogen-bond donors (Lipinski definition) is 0. The summed E-state index contributed by atoms with van der Waals surface area (Å²) in [6, 6.07) is 0. The summed E-state index contributed by atoms with van der Waals surface area (Å²) in [5.41, 5.74) is 0.183. The zero-order valence-corrected chi connectivity index (χ0v) is 10.9. The van der Waals surface area contributed by atoms with Gasteiger partial charge in [-0.25, -0.2) is 0 Å². The van der Waals surface area contributed by atoms with Gasteiger partial charge in [0.25, 0.3) is 0 Å². The summed E-state index contributed by atoms with van der Waals surface area (Å²) in [5, 5.41) is 0. The molecule has 0 bridgehead atoms. The van der Waals surface area contributed by atoms with Crippen LogP contribution in [0.4, 0.5) is 0 Å². The fraction of sp³-hybridized carbons (Fsp3) is 0.667. The molecule has 1 aliphatic carbocycles. The van der Waals surface area contributed by atoms with Crippen molar-refractivity contribution < 1.29 is 4.79 Å². The van der Waals surface area contributed by atoms with Crippen LogP contribution >= 0.6 is 0 Å². The fourth-order valence-electron chi connectivity index (χ4n) is 3.11. The Bertz CT molecular complexity index is 324. The third-order valence-corrected chi connectivity index (χ3v) is 4.40. The molecule has 0 aromatic heterocycles. The predicted molar refractivity (Wildman–Crippen MR) is 70.8 cm³/mol. The summed E-state index contributed by atoms with van der Waals surface area (Å²) < 4.78 is 0. The lowest BCUT2D eigenvalue weighted by Crippen LogP contribution is -2.54. The van der Waals surface area contributed by atoms with Crippen molar-refractivity contribution in [3.8, 4) is 0 Å². The van der Waals surface area contributed by atoms with E-state index in [2.05, 4.69) is 43.1 Å². The number of rotatable bonds is 3. The van der Waals surface area contributed by atoms with E-state index in [1.165, 1.54) is 0 Å². The molecular formula is C15H23NO. The summed E-state index contributed by atoms with van der Waals surface area (Å²) in [6.07, 6.45) is 13.2. The van der Waals surface area contributed by atoms with Crippen molar-refractivity contribution >= 4 is 6.29 Å². The molecule has 1 heterocycles. The Labute approximate surface area is 104 Å². The van der Waals surface area contributed by atoms with Crippen molar-refractivity contribution in [1.29, 1.82) is 0 Å². The minimum atomic E-state index is 0.183. The van der Waals surface area contributed by atoms with Gasteiger partial charge >= 0.3 is 0 Å². The van der Waals surface area contributed by atoms with E-state index in [0.29, 0.717) is 11.8 Å². The number of aldehydes is 1. The summed E-state index contributed by atoms with van der Waals surface area (Å²) in [6.45, 7) is 6.71. The Morgan fingerprint density at radius 1 is 1.29 bits per heavy atom. The van der Waals surface area contributed by atoms with E-state index in [4.69, 9.17) is 0 Å². The molecule has 1 saturated heterocycles. The molecule has 2 rings (SSSR count). The molecule has 0 aromatic carbocycles. The summed E-state index contributed by atoms with van der Waals surface area (Å²) in [7, 11) is 0. The van der Waals surface area contributed by atoms with Crippen molar-refractivity contribution in [1.82, 2.24) is 4.90 Å². The Morgan fingerprint density at radius 2 is 2.00 bits per heavy atom. The quantitative estimate of drug-likeness (QED) is 0.699. The molecule has 0 radical (unpaired) electrons. The third kappa shape index (κ3) is 2.37. The predicted octanol–water partition coefficient (Wildman–Crippen LogP) is 2.81. The number of nitrogens with zero attached hydrogens (tertiary/aromatic N) is 1. The van der Waals surface area contributed by atoms with Gasteiger partial charge < -0.3 is 4.79 Å². The van der Waals surface area contributed by atoms with Gasteiger partial charge in [0.15, 0.2) is 0 Å². The van der Waals surface area contributed by atoms with Gasteiger partial charge in [-0.15, -0.1) is 0 Å². The van der Waals surface area contributed by atoms with Gasteiger partial charge in [0.2, 0.25) is 0 Å². The number of allylic oxidation sites excluding steroid dienone is 2. The lowest BCUT2D eigenvalue weighted by Gasteiger charge is -2.48. The van der Waals surface area contributed by atoms with Crippen LogP contribution in [0.3, 0.4) is 0 Å². The van der Waals surface area contributed by atoms with E-state index in [0.717, 1.165) is 38.6 Å². The second kappa shape index (κ2) is 5.18. The van der Waals surface area contributed by atoms with Crippen molar-refractivity contribution in [2.75, 3.05) is 13.1 Å². The Kier molecular flexibility index (Phi) is 3.82. The van der Waals surface area contributed by atoms with Gasteiger partial charge in [-0.3, -0.25) is 4.90 Å². The SMILES string of the molecule is CC(C)C1(N2CCC(C=O)CC2)C=CC=CC1. The molecule has 2 nitrogen and oxygen atoms in total. The molecule has 0 N–H and O–H groups in total. The molecule has 0 aromatic rings. The first-order valence-corrected chi connectivity index (χ1v) is 6.74. The first kappa shape index (κ1) is 12.6. The fourth-order valence-corrected chi connectivity index (χ4v) is 3.11.